The van der Waals surface area contributed by atoms with Gasteiger partial charge in [0.15, 0.2) is 0 Å². The highest BCUT2D eigenvalue weighted by Crippen LogP contribution is 2.31. The number of fused-ring (bicyclic) bond motifs is 1. The molecule has 2 heterocycles. The van der Waals surface area contributed by atoms with Crippen molar-refractivity contribution in [2.75, 3.05) is 13.1 Å². The molecule has 0 radical (unpaired) electrons. The molecule has 0 aliphatic carbocycles. The summed E-state index contributed by atoms with van der Waals surface area (Å²) in [5.74, 6) is -1.93. The lowest BCUT2D eigenvalue weighted by atomic mass is 10.1. The Morgan fingerprint density at radius 3 is 2.38 bits per heavy atom. The minimum Gasteiger partial charge on any atom is -0.311 e. The van der Waals surface area contributed by atoms with E-state index in [1.807, 2.05) is 0 Å². The third-order valence-corrected chi connectivity index (χ3v) is 7.45. The van der Waals surface area contributed by atoms with Crippen LogP contribution in [0.15, 0.2) is 58.5 Å². The summed E-state index contributed by atoms with van der Waals surface area (Å²) in [5.41, 5.74) is 3.50. The number of rotatable bonds is 6. The van der Waals surface area contributed by atoms with E-state index in [4.69, 9.17) is 0 Å². The number of sulfonamides is 1. The summed E-state index contributed by atoms with van der Waals surface area (Å²) in [6.45, 7) is 1.97. The molecule has 0 unspecified atom stereocenters. The molecule has 1 aliphatic rings. The van der Waals surface area contributed by atoms with E-state index in [1.165, 1.54) is 28.6 Å². The molecule has 1 amide bonds. The van der Waals surface area contributed by atoms with Crippen molar-refractivity contribution in [1.82, 2.24) is 19.3 Å². The summed E-state index contributed by atoms with van der Waals surface area (Å²) in [7, 11) is -3.55. The smallest absolute Gasteiger partial charge is 0.311 e. The number of nitrogens with zero attached hydrogens (tertiary/aromatic N) is 4. The second kappa shape index (κ2) is 9.18. The van der Waals surface area contributed by atoms with E-state index in [0.29, 0.717) is 24.4 Å². The molecule has 0 spiro atoms. The number of hydrogen-bond donors (Lipinski definition) is 1. The minimum absolute atomic E-state index is 0.131. The normalized spacial score (nSPS) is 15.7. The number of hydrazone groups is 1. The van der Waals surface area contributed by atoms with E-state index in [-0.39, 0.29) is 15.9 Å². The summed E-state index contributed by atoms with van der Waals surface area (Å²) in [5, 5.41) is 3.96. The van der Waals surface area contributed by atoms with E-state index < -0.39 is 34.5 Å². The van der Waals surface area contributed by atoms with Gasteiger partial charge in [0.25, 0.3) is 5.91 Å². The minimum atomic E-state index is -4.73. The van der Waals surface area contributed by atoms with Crippen molar-refractivity contribution < 1.29 is 26.4 Å². The first kappa shape index (κ1) is 23.9. The topological polar surface area (TPSA) is 96.7 Å². The first-order valence-electron chi connectivity index (χ1n) is 10.5. The van der Waals surface area contributed by atoms with Crippen LogP contribution in [-0.2, 0) is 27.5 Å². The highest BCUT2D eigenvalue weighted by Gasteiger charge is 2.38. The maximum Gasteiger partial charge on any atom is 0.449 e. The van der Waals surface area contributed by atoms with Crippen molar-refractivity contribution in [2.45, 2.75) is 37.4 Å². The Kier molecular flexibility index (Phi) is 6.45. The zero-order valence-electron chi connectivity index (χ0n) is 18.2. The summed E-state index contributed by atoms with van der Waals surface area (Å²) in [6.07, 6.45) is -3.06. The number of hydrogen-bond acceptors (Lipinski definition) is 5. The maximum atomic E-state index is 13.4. The second-order valence-electron chi connectivity index (χ2n) is 7.88. The van der Waals surface area contributed by atoms with E-state index >= 15 is 0 Å². The molecule has 0 bridgehead atoms. The molecular weight excluding hydrogens is 471 g/mol. The molecule has 1 aliphatic heterocycles. The first-order valence-corrected chi connectivity index (χ1v) is 12.0. The van der Waals surface area contributed by atoms with Gasteiger partial charge in [-0.1, -0.05) is 24.3 Å². The van der Waals surface area contributed by atoms with Crippen molar-refractivity contribution in [1.29, 1.82) is 0 Å². The molecule has 2 aromatic carbocycles. The molecule has 4 rings (SSSR count). The van der Waals surface area contributed by atoms with Gasteiger partial charge in [0.2, 0.25) is 15.8 Å². The lowest BCUT2D eigenvalue weighted by Crippen LogP contribution is -2.28. The van der Waals surface area contributed by atoms with Gasteiger partial charge in [-0.3, -0.25) is 4.79 Å². The highest BCUT2D eigenvalue weighted by molar-refractivity contribution is 7.89. The molecule has 180 valence electrons. The quantitative estimate of drug-likeness (QED) is 0.421. The van der Waals surface area contributed by atoms with Crippen LogP contribution in [0.3, 0.4) is 0 Å². The summed E-state index contributed by atoms with van der Waals surface area (Å²) in [4.78, 5) is 16.2. The summed E-state index contributed by atoms with van der Waals surface area (Å²) < 4.78 is 67.7. The maximum absolute atomic E-state index is 13.4. The lowest BCUT2D eigenvalue weighted by molar-refractivity contribution is -0.147. The van der Waals surface area contributed by atoms with Crippen LogP contribution in [0.25, 0.3) is 11.0 Å². The summed E-state index contributed by atoms with van der Waals surface area (Å²) >= 11 is 0. The third kappa shape index (κ3) is 4.82. The van der Waals surface area contributed by atoms with Gasteiger partial charge in [-0.15, -0.1) is 0 Å². The van der Waals surface area contributed by atoms with Crippen LogP contribution in [-0.4, -0.2) is 47.0 Å². The van der Waals surface area contributed by atoms with Crippen LogP contribution in [0.1, 0.15) is 31.2 Å². The van der Waals surface area contributed by atoms with Crippen LogP contribution < -0.4 is 5.43 Å². The van der Waals surface area contributed by atoms with Gasteiger partial charge in [0, 0.05) is 13.1 Å². The highest BCUT2D eigenvalue weighted by atomic mass is 32.2. The number of nitrogens with one attached hydrogen (secondary N) is 1. The Balaban J connectivity index is 1.48. The molecule has 0 saturated carbocycles. The van der Waals surface area contributed by atoms with Gasteiger partial charge < -0.3 is 4.57 Å². The Morgan fingerprint density at radius 1 is 1.09 bits per heavy atom. The Bertz CT molecular complexity index is 1340. The zero-order chi connectivity index (χ0) is 24.5. The van der Waals surface area contributed by atoms with Gasteiger partial charge >= 0.3 is 6.18 Å². The Labute approximate surface area is 194 Å². The largest absolute Gasteiger partial charge is 0.449 e. The number of para-hydroxylation sites is 2. The molecule has 34 heavy (non-hydrogen) atoms. The average Bonchev–Trinajstić information content (AvgIpc) is 3.47. The first-order chi connectivity index (χ1) is 16.1. The van der Waals surface area contributed by atoms with Crippen molar-refractivity contribution in [3.63, 3.8) is 0 Å². The van der Waals surface area contributed by atoms with E-state index in [2.05, 4.69) is 15.5 Å². The molecule has 3 aromatic rings. The molecule has 12 heteroatoms. The predicted octanol–water partition coefficient (Wildman–Crippen LogP) is 3.38. The van der Waals surface area contributed by atoms with Gasteiger partial charge in [0.05, 0.1) is 21.6 Å². The number of alkyl halides is 3. The van der Waals surface area contributed by atoms with E-state index in [9.17, 15) is 26.4 Å². The van der Waals surface area contributed by atoms with Crippen molar-refractivity contribution in [3.05, 3.63) is 59.9 Å². The van der Waals surface area contributed by atoms with Crippen molar-refractivity contribution in [2.24, 2.45) is 5.10 Å². The number of benzene rings is 2. The van der Waals surface area contributed by atoms with Gasteiger partial charge in [-0.25, -0.2) is 18.8 Å². The second-order valence-corrected chi connectivity index (χ2v) is 9.81. The molecule has 0 atom stereocenters. The fraction of sp³-hybridized carbons (Fsp3) is 0.318. The fourth-order valence-corrected chi connectivity index (χ4v) is 5.30. The molecule has 1 aromatic heterocycles. The number of aromatic nitrogens is 2. The molecule has 1 N–H and O–H groups in total. The fourth-order valence-electron chi connectivity index (χ4n) is 3.79. The van der Waals surface area contributed by atoms with Gasteiger partial charge in [-0.2, -0.15) is 22.6 Å². The number of amides is 1. The van der Waals surface area contributed by atoms with Crippen LogP contribution in [0.5, 0.6) is 0 Å². The number of carbonyl (C=O) groups is 1. The van der Waals surface area contributed by atoms with E-state index in [0.717, 1.165) is 17.4 Å². The van der Waals surface area contributed by atoms with Crippen molar-refractivity contribution in [3.8, 4) is 0 Å². The standard InChI is InChI=1S/C22H22F3N5O3S/c1-15(16-8-10-17(11-9-16)34(32,33)29-12-4-5-13-29)27-28-20(31)14-30-19-7-3-2-6-18(19)26-21(30)22(23,24)25/h2-3,6-11H,4-5,12-14H2,1H3,(H,28,31). The third-order valence-electron chi connectivity index (χ3n) is 5.53. The van der Waals surface area contributed by atoms with Crippen LogP contribution >= 0.6 is 0 Å². The molecule has 8 nitrogen and oxygen atoms in total. The number of carbonyl (C=O) groups excluding carboxylic acids is 1. The van der Waals surface area contributed by atoms with Crippen LogP contribution in [0.4, 0.5) is 13.2 Å². The van der Waals surface area contributed by atoms with Gasteiger partial charge in [0.1, 0.15) is 6.54 Å². The van der Waals surface area contributed by atoms with Crippen LogP contribution in [0.2, 0.25) is 0 Å². The molecule has 1 fully saturated rings. The zero-order valence-corrected chi connectivity index (χ0v) is 19.0. The van der Waals surface area contributed by atoms with Gasteiger partial charge in [-0.05, 0) is 49.6 Å². The Morgan fingerprint density at radius 2 is 1.74 bits per heavy atom. The SMILES string of the molecule is CC(=NNC(=O)Cn1c(C(F)(F)F)nc2ccccc21)c1ccc(S(=O)(=O)N2CCCC2)cc1. The van der Waals surface area contributed by atoms with Crippen molar-refractivity contribution >= 4 is 32.7 Å². The number of imidazole rings is 1. The predicted molar refractivity (Wildman–Crippen MR) is 120 cm³/mol. The number of halogens is 3. The Hall–Kier alpha value is -3.25. The average molecular weight is 494 g/mol. The molecule has 1 saturated heterocycles. The molecular formula is C22H22F3N5O3S. The van der Waals surface area contributed by atoms with E-state index in [1.54, 1.807) is 31.2 Å². The lowest BCUT2D eigenvalue weighted by Gasteiger charge is -2.15. The monoisotopic (exact) mass is 493 g/mol. The van der Waals surface area contributed by atoms with Crippen LogP contribution in [0, 0.1) is 0 Å². The summed E-state index contributed by atoms with van der Waals surface area (Å²) in [6, 6.07) is 12.1.